The molecule has 29 heavy (non-hydrogen) atoms. The first-order valence-corrected chi connectivity index (χ1v) is 10.8. The molecule has 1 aliphatic carbocycles. The Hall–Kier alpha value is -1.67. The van der Waals surface area contributed by atoms with Crippen molar-refractivity contribution in [3.05, 3.63) is 29.2 Å². The molecule has 1 saturated heterocycles. The van der Waals surface area contributed by atoms with Crippen molar-refractivity contribution in [3.8, 4) is 0 Å². The molecule has 0 bridgehead atoms. The molecule has 1 amide bonds. The molecule has 4 rings (SSSR count). The fourth-order valence-corrected chi connectivity index (χ4v) is 4.29. The second kappa shape index (κ2) is 9.00. The van der Waals surface area contributed by atoms with Gasteiger partial charge in [-0.1, -0.05) is 11.6 Å². The van der Waals surface area contributed by atoms with Crippen molar-refractivity contribution in [2.45, 2.75) is 50.9 Å². The lowest BCUT2D eigenvalue weighted by atomic mass is 10.1. The molecule has 1 saturated carbocycles. The summed E-state index contributed by atoms with van der Waals surface area (Å²) in [5.74, 6) is 0.0580. The molecule has 2 aromatic heterocycles. The number of morpholine rings is 1. The molecule has 0 radical (unpaired) electrons. The SMILES string of the molecule is COCCCn1cc(Cl)c2cnc([C@@H](C)N(C(=O)[C@H]3CNCCO3)C3CC3)cc21. The summed E-state index contributed by atoms with van der Waals surface area (Å²) in [4.78, 5) is 19.8. The third-order valence-electron chi connectivity index (χ3n) is 5.73. The summed E-state index contributed by atoms with van der Waals surface area (Å²) in [7, 11) is 1.71. The average Bonchev–Trinajstić information content (AvgIpc) is 3.53. The molecule has 2 aromatic rings. The minimum Gasteiger partial charge on any atom is -0.385 e. The summed E-state index contributed by atoms with van der Waals surface area (Å²) in [6, 6.07) is 2.23. The Morgan fingerprint density at radius 3 is 3.03 bits per heavy atom. The first-order chi connectivity index (χ1) is 14.1. The van der Waals surface area contributed by atoms with Crippen LogP contribution in [0.3, 0.4) is 0 Å². The normalized spacial score (nSPS) is 20.7. The number of fused-ring (bicyclic) bond motifs is 1. The second-order valence-corrected chi connectivity index (χ2v) is 8.27. The Labute approximate surface area is 176 Å². The molecular formula is C21H29ClN4O3. The number of aryl methyl sites for hydroxylation is 1. The highest BCUT2D eigenvalue weighted by atomic mass is 35.5. The van der Waals surface area contributed by atoms with Crippen LogP contribution in [0.4, 0.5) is 0 Å². The molecular weight excluding hydrogens is 392 g/mol. The lowest BCUT2D eigenvalue weighted by molar-refractivity contribution is -0.148. The maximum absolute atomic E-state index is 13.2. The second-order valence-electron chi connectivity index (χ2n) is 7.86. The molecule has 1 N–H and O–H groups in total. The number of rotatable bonds is 8. The Bertz CT molecular complexity index is 861. The maximum Gasteiger partial charge on any atom is 0.253 e. The number of amides is 1. The van der Waals surface area contributed by atoms with Crippen molar-refractivity contribution >= 4 is 28.4 Å². The standard InChI is InChI=1S/C21H29ClN4O3/c1-14(26(15-4-5-15)21(27)20-12-23-6-9-29-20)18-10-19-16(11-24-18)17(22)13-25(19)7-3-8-28-2/h10-11,13-15,20,23H,3-9,12H2,1-2H3/t14-,20-/m1/s1. The smallest absolute Gasteiger partial charge is 0.253 e. The predicted molar refractivity (Wildman–Crippen MR) is 112 cm³/mol. The zero-order chi connectivity index (χ0) is 20.4. The number of pyridine rings is 1. The fourth-order valence-electron chi connectivity index (χ4n) is 4.02. The average molecular weight is 421 g/mol. The van der Waals surface area contributed by atoms with Crippen LogP contribution < -0.4 is 5.32 Å². The van der Waals surface area contributed by atoms with Crippen molar-refractivity contribution in [2.24, 2.45) is 0 Å². The minimum absolute atomic E-state index is 0.0580. The molecule has 8 heteroatoms. The topological polar surface area (TPSA) is 68.6 Å². The summed E-state index contributed by atoms with van der Waals surface area (Å²) >= 11 is 6.42. The van der Waals surface area contributed by atoms with Crippen LogP contribution in [0.5, 0.6) is 0 Å². The first-order valence-electron chi connectivity index (χ1n) is 10.4. The van der Waals surface area contributed by atoms with Crippen LogP contribution >= 0.6 is 11.6 Å². The molecule has 2 aliphatic rings. The number of nitrogens with zero attached hydrogens (tertiary/aromatic N) is 3. The number of carbonyl (C=O) groups is 1. The van der Waals surface area contributed by atoms with Gasteiger partial charge in [0.25, 0.3) is 5.91 Å². The van der Waals surface area contributed by atoms with Crippen molar-refractivity contribution in [3.63, 3.8) is 0 Å². The van der Waals surface area contributed by atoms with Crippen LogP contribution in [0.2, 0.25) is 5.02 Å². The van der Waals surface area contributed by atoms with Crippen LogP contribution in [0, 0.1) is 0 Å². The van der Waals surface area contributed by atoms with E-state index in [-0.39, 0.29) is 18.0 Å². The van der Waals surface area contributed by atoms with Crippen molar-refractivity contribution in [1.82, 2.24) is 19.8 Å². The summed E-state index contributed by atoms with van der Waals surface area (Å²) < 4.78 is 13.0. The van der Waals surface area contributed by atoms with E-state index in [2.05, 4.69) is 27.9 Å². The predicted octanol–water partition coefficient (Wildman–Crippen LogP) is 2.77. The molecule has 0 unspecified atom stereocenters. The lowest BCUT2D eigenvalue weighted by Gasteiger charge is -2.34. The van der Waals surface area contributed by atoms with E-state index >= 15 is 0 Å². The van der Waals surface area contributed by atoms with Crippen LogP contribution in [-0.2, 0) is 20.8 Å². The minimum atomic E-state index is -0.414. The van der Waals surface area contributed by atoms with E-state index in [0.717, 1.165) is 48.9 Å². The van der Waals surface area contributed by atoms with Gasteiger partial charge in [0.05, 0.1) is 28.9 Å². The zero-order valence-corrected chi connectivity index (χ0v) is 17.8. The van der Waals surface area contributed by atoms with Crippen molar-refractivity contribution in [2.75, 3.05) is 33.4 Å². The van der Waals surface area contributed by atoms with Crippen LogP contribution in [-0.4, -0.2) is 65.9 Å². The molecule has 3 heterocycles. The summed E-state index contributed by atoms with van der Waals surface area (Å²) in [6.07, 6.45) is 6.34. The van der Waals surface area contributed by atoms with Crippen LogP contribution in [0.1, 0.15) is 37.9 Å². The van der Waals surface area contributed by atoms with Gasteiger partial charge in [0, 0.05) is 57.2 Å². The highest BCUT2D eigenvalue weighted by Gasteiger charge is 2.40. The van der Waals surface area contributed by atoms with Crippen LogP contribution in [0.15, 0.2) is 18.5 Å². The Morgan fingerprint density at radius 1 is 1.52 bits per heavy atom. The molecule has 0 spiro atoms. The van der Waals surface area contributed by atoms with Gasteiger partial charge in [0.2, 0.25) is 0 Å². The van der Waals surface area contributed by atoms with Crippen molar-refractivity contribution in [1.29, 1.82) is 0 Å². The molecule has 1 aliphatic heterocycles. The lowest BCUT2D eigenvalue weighted by Crippen LogP contribution is -2.50. The van der Waals surface area contributed by atoms with Crippen molar-refractivity contribution < 1.29 is 14.3 Å². The Kier molecular flexibility index (Phi) is 6.39. The van der Waals surface area contributed by atoms with Gasteiger partial charge in [-0.3, -0.25) is 9.78 Å². The molecule has 2 fully saturated rings. The third-order valence-corrected chi connectivity index (χ3v) is 6.03. The molecule has 158 valence electrons. The van der Waals surface area contributed by atoms with E-state index in [9.17, 15) is 4.79 Å². The van der Waals surface area contributed by atoms with E-state index < -0.39 is 6.10 Å². The highest BCUT2D eigenvalue weighted by Crippen LogP contribution is 2.36. The largest absolute Gasteiger partial charge is 0.385 e. The van der Waals surface area contributed by atoms with Crippen LogP contribution in [0.25, 0.3) is 10.9 Å². The number of ether oxygens (including phenoxy) is 2. The van der Waals surface area contributed by atoms with E-state index in [4.69, 9.17) is 21.1 Å². The number of halogens is 1. The first kappa shape index (κ1) is 20.6. The van der Waals surface area contributed by atoms with Gasteiger partial charge >= 0.3 is 0 Å². The summed E-state index contributed by atoms with van der Waals surface area (Å²) in [5, 5.41) is 4.88. The summed E-state index contributed by atoms with van der Waals surface area (Å²) in [5.41, 5.74) is 1.92. The van der Waals surface area contributed by atoms with Gasteiger partial charge < -0.3 is 24.3 Å². The maximum atomic E-state index is 13.2. The van der Waals surface area contributed by atoms with E-state index in [0.29, 0.717) is 24.8 Å². The van der Waals surface area contributed by atoms with E-state index in [1.165, 1.54) is 0 Å². The number of hydrogen-bond donors (Lipinski definition) is 1. The van der Waals surface area contributed by atoms with Gasteiger partial charge in [0.15, 0.2) is 0 Å². The highest BCUT2D eigenvalue weighted by molar-refractivity contribution is 6.35. The van der Waals surface area contributed by atoms with E-state index in [1.807, 2.05) is 17.3 Å². The Balaban J connectivity index is 1.59. The number of methoxy groups -OCH3 is 1. The third kappa shape index (κ3) is 4.43. The van der Waals surface area contributed by atoms with Gasteiger partial charge in [-0.05, 0) is 32.3 Å². The molecule has 2 atom stereocenters. The quantitative estimate of drug-likeness (QED) is 0.665. The number of carbonyl (C=O) groups excluding carboxylic acids is 1. The molecule has 0 aromatic carbocycles. The zero-order valence-electron chi connectivity index (χ0n) is 17.1. The number of hydrogen-bond acceptors (Lipinski definition) is 5. The summed E-state index contributed by atoms with van der Waals surface area (Å²) in [6.45, 7) is 5.51. The van der Waals surface area contributed by atoms with Gasteiger partial charge in [0.1, 0.15) is 6.10 Å². The number of aromatic nitrogens is 2. The van der Waals surface area contributed by atoms with Gasteiger partial charge in [-0.2, -0.15) is 0 Å². The van der Waals surface area contributed by atoms with Gasteiger partial charge in [-0.15, -0.1) is 0 Å². The van der Waals surface area contributed by atoms with E-state index in [1.54, 1.807) is 7.11 Å². The fraction of sp³-hybridized carbons (Fsp3) is 0.619. The Morgan fingerprint density at radius 2 is 2.34 bits per heavy atom. The molecule has 7 nitrogen and oxygen atoms in total. The number of nitrogens with one attached hydrogen (secondary N) is 1. The monoisotopic (exact) mass is 420 g/mol. The van der Waals surface area contributed by atoms with Gasteiger partial charge in [-0.25, -0.2) is 0 Å².